The Bertz CT molecular complexity index is 1090. The van der Waals surface area contributed by atoms with Gasteiger partial charge in [-0.25, -0.2) is 4.79 Å². The first-order chi connectivity index (χ1) is 16.6. The first kappa shape index (κ1) is 26.0. The molecule has 6 heteroatoms. The maximum atomic E-state index is 12.1. The molecule has 0 radical (unpaired) electrons. The van der Waals surface area contributed by atoms with Gasteiger partial charge in [0.15, 0.2) is 0 Å². The standard InChI is InChI=1S/C29H34N2O4/c1-21(23-13-9-6-10-14-23)31(20-22-11-7-5-8-12-22)26(19-27(32)33)24-15-17-25(18-16-24)30-28(34)35-29(2,3)4/h5-18,21,26H,19-20H2,1-4H3,(H,30,34)(H,32,33)/t21-,26+/m0/s1. The summed E-state index contributed by atoms with van der Waals surface area (Å²) < 4.78 is 5.32. The molecule has 2 N–H and O–H groups in total. The number of carboxylic acid groups (broad SMARTS) is 1. The van der Waals surface area contributed by atoms with Crippen LogP contribution in [0.3, 0.4) is 0 Å². The average Bonchev–Trinajstić information content (AvgIpc) is 2.81. The summed E-state index contributed by atoms with van der Waals surface area (Å²) in [5, 5.41) is 12.5. The summed E-state index contributed by atoms with van der Waals surface area (Å²) in [6.45, 7) is 8.11. The van der Waals surface area contributed by atoms with Crippen LogP contribution < -0.4 is 5.32 Å². The molecule has 1 amide bonds. The van der Waals surface area contributed by atoms with E-state index in [1.807, 2.05) is 48.5 Å². The molecule has 0 heterocycles. The van der Waals surface area contributed by atoms with Crippen molar-refractivity contribution >= 4 is 17.7 Å². The van der Waals surface area contributed by atoms with Gasteiger partial charge in [0.05, 0.1) is 6.42 Å². The molecule has 2 atom stereocenters. The van der Waals surface area contributed by atoms with E-state index < -0.39 is 17.7 Å². The second-order valence-electron chi connectivity index (χ2n) is 9.61. The van der Waals surface area contributed by atoms with E-state index in [1.54, 1.807) is 32.9 Å². The molecule has 0 fully saturated rings. The fourth-order valence-electron chi connectivity index (χ4n) is 4.04. The largest absolute Gasteiger partial charge is 0.481 e. The third-order valence-electron chi connectivity index (χ3n) is 5.70. The molecule has 0 aromatic heterocycles. The zero-order valence-corrected chi connectivity index (χ0v) is 20.8. The Balaban J connectivity index is 1.92. The first-order valence-corrected chi connectivity index (χ1v) is 11.8. The zero-order chi connectivity index (χ0) is 25.4. The van der Waals surface area contributed by atoms with Crippen LogP contribution in [0.15, 0.2) is 84.9 Å². The minimum Gasteiger partial charge on any atom is -0.481 e. The number of carbonyl (C=O) groups excluding carboxylic acids is 1. The third-order valence-corrected chi connectivity index (χ3v) is 5.70. The van der Waals surface area contributed by atoms with Gasteiger partial charge in [0, 0.05) is 24.3 Å². The average molecular weight is 475 g/mol. The number of nitrogens with zero attached hydrogens (tertiary/aromatic N) is 1. The van der Waals surface area contributed by atoms with Crippen LogP contribution in [0.4, 0.5) is 10.5 Å². The van der Waals surface area contributed by atoms with Gasteiger partial charge in [0.25, 0.3) is 0 Å². The molecule has 0 saturated heterocycles. The van der Waals surface area contributed by atoms with Gasteiger partial charge in [-0.2, -0.15) is 0 Å². The monoisotopic (exact) mass is 474 g/mol. The lowest BCUT2D eigenvalue weighted by molar-refractivity contribution is -0.138. The van der Waals surface area contributed by atoms with Crippen molar-refractivity contribution in [2.75, 3.05) is 5.32 Å². The van der Waals surface area contributed by atoms with Gasteiger partial charge in [0.1, 0.15) is 5.60 Å². The molecule has 0 bridgehead atoms. The summed E-state index contributed by atoms with van der Waals surface area (Å²) in [5.41, 5.74) is 3.07. The van der Waals surface area contributed by atoms with Crippen molar-refractivity contribution in [1.82, 2.24) is 4.90 Å². The number of amides is 1. The summed E-state index contributed by atoms with van der Waals surface area (Å²) in [6, 6.07) is 27.0. The van der Waals surface area contributed by atoms with Gasteiger partial charge in [-0.05, 0) is 56.5 Å². The van der Waals surface area contributed by atoms with Crippen molar-refractivity contribution in [2.24, 2.45) is 0 Å². The van der Waals surface area contributed by atoms with Crippen molar-refractivity contribution in [3.8, 4) is 0 Å². The Morgan fingerprint density at radius 1 is 0.886 bits per heavy atom. The number of nitrogens with one attached hydrogen (secondary N) is 1. The molecular formula is C29H34N2O4. The van der Waals surface area contributed by atoms with Crippen molar-refractivity contribution in [2.45, 2.75) is 58.3 Å². The molecule has 3 aromatic rings. The van der Waals surface area contributed by atoms with E-state index in [-0.39, 0.29) is 18.5 Å². The Labute approximate surface area is 207 Å². The van der Waals surface area contributed by atoms with Gasteiger partial charge in [0.2, 0.25) is 0 Å². The molecule has 184 valence electrons. The van der Waals surface area contributed by atoms with Gasteiger partial charge >= 0.3 is 12.1 Å². The summed E-state index contributed by atoms with van der Waals surface area (Å²) in [7, 11) is 0. The van der Waals surface area contributed by atoms with Gasteiger partial charge < -0.3 is 9.84 Å². The molecule has 0 aliphatic heterocycles. The Morgan fingerprint density at radius 3 is 2.00 bits per heavy atom. The van der Waals surface area contributed by atoms with Crippen LogP contribution in [0.2, 0.25) is 0 Å². The van der Waals surface area contributed by atoms with E-state index in [4.69, 9.17) is 4.74 Å². The maximum Gasteiger partial charge on any atom is 0.412 e. The molecule has 3 rings (SSSR count). The highest BCUT2D eigenvalue weighted by atomic mass is 16.6. The van der Waals surface area contributed by atoms with Crippen LogP contribution in [0.25, 0.3) is 0 Å². The lowest BCUT2D eigenvalue weighted by Gasteiger charge is -2.37. The van der Waals surface area contributed by atoms with Crippen LogP contribution in [-0.2, 0) is 16.1 Å². The minimum absolute atomic E-state index is 0.0275. The fraction of sp³-hybridized carbons (Fsp3) is 0.310. The molecule has 0 aliphatic rings. The van der Waals surface area contributed by atoms with Crippen molar-refractivity contribution < 1.29 is 19.4 Å². The summed E-state index contributed by atoms with van der Waals surface area (Å²) in [4.78, 5) is 26.3. The Kier molecular flexibility index (Phi) is 8.66. The van der Waals surface area contributed by atoms with Crippen LogP contribution in [0.5, 0.6) is 0 Å². The normalized spacial score (nSPS) is 13.2. The molecular weight excluding hydrogens is 440 g/mol. The van der Waals surface area contributed by atoms with Gasteiger partial charge in [-0.3, -0.25) is 15.0 Å². The predicted molar refractivity (Wildman–Crippen MR) is 138 cm³/mol. The zero-order valence-electron chi connectivity index (χ0n) is 20.8. The molecule has 3 aromatic carbocycles. The fourth-order valence-corrected chi connectivity index (χ4v) is 4.04. The molecule has 0 unspecified atom stereocenters. The lowest BCUT2D eigenvalue weighted by Crippen LogP contribution is -2.32. The smallest absolute Gasteiger partial charge is 0.412 e. The van der Waals surface area contributed by atoms with E-state index in [0.717, 1.165) is 16.7 Å². The summed E-state index contributed by atoms with van der Waals surface area (Å²) in [5.74, 6) is -0.871. The number of carboxylic acids is 1. The highest BCUT2D eigenvalue weighted by molar-refractivity contribution is 5.84. The number of rotatable bonds is 9. The number of ether oxygens (including phenoxy) is 1. The summed E-state index contributed by atoms with van der Waals surface area (Å²) >= 11 is 0. The van der Waals surface area contributed by atoms with Gasteiger partial charge in [-0.15, -0.1) is 0 Å². The highest BCUT2D eigenvalue weighted by Gasteiger charge is 2.28. The summed E-state index contributed by atoms with van der Waals surface area (Å²) in [6.07, 6.45) is -0.584. The number of anilines is 1. The second-order valence-corrected chi connectivity index (χ2v) is 9.61. The number of benzene rings is 3. The molecule has 0 spiro atoms. The van der Waals surface area contributed by atoms with Crippen LogP contribution >= 0.6 is 0 Å². The van der Waals surface area contributed by atoms with Crippen molar-refractivity contribution in [3.63, 3.8) is 0 Å². The number of hydrogen-bond acceptors (Lipinski definition) is 4. The number of aliphatic carboxylic acids is 1. The van der Waals surface area contributed by atoms with Crippen molar-refractivity contribution in [3.05, 3.63) is 102 Å². The van der Waals surface area contributed by atoms with E-state index in [9.17, 15) is 14.7 Å². The number of hydrogen-bond donors (Lipinski definition) is 2. The SMILES string of the molecule is C[C@@H](c1ccccc1)N(Cc1ccccc1)[C@H](CC(=O)O)c1ccc(NC(=O)OC(C)(C)C)cc1. The molecule has 0 aliphatic carbocycles. The Hall–Kier alpha value is -3.64. The lowest BCUT2D eigenvalue weighted by atomic mass is 9.96. The number of carbonyl (C=O) groups is 2. The van der Waals surface area contributed by atoms with Crippen LogP contribution in [0, 0.1) is 0 Å². The Morgan fingerprint density at radius 2 is 1.46 bits per heavy atom. The van der Waals surface area contributed by atoms with E-state index >= 15 is 0 Å². The molecule has 6 nitrogen and oxygen atoms in total. The van der Waals surface area contributed by atoms with E-state index in [0.29, 0.717) is 12.2 Å². The molecule has 35 heavy (non-hydrogen) atoms. The van der Waals surface area contributed by atoms with Crippen LogP contribution in [-0.4, -0.2) is 27.7 Å². The second kappa shape index (κ2) is 11.7. The predicted octanol–water partition coefficient (Wildman–Crippen LogP) is 6.81. The topological polar surface area (TPSA) is 78.9 Å². The van der Waals surface area contributed by atoms with E-state index in [2.05, 4.69) is 41.4 Å². The first-order valence-electron chi connectivity index (χ1n) is 11.8. The van der Waals surface area contributed by atoms with Gasteiger partial charge in [-0.1, -0.05) is 72.8 Å². The van der Waals surface area contributed by atoms with Crippen LogP contribution in [0.1, 0.15) is 62.9 Å². The van der Waals surface area contributed by atoms with Crippen molar-refractivity contribution in [1.29, 1.82) is 0 Å². The third kappa shape index (κ3) is 7.97. The highest BCUT2D eigenvalue weighted by Crippen LogP contribution is 2.35. The molecule has 0 saturated carbocycles. The van der Waals surface area contributed by atoms with E-state index in [1.165, 1.54) is 0 Å². The quantitative estimate of drug-likeness (QED) is 0.356. The maximum absolute atomic E-state index is 12.1. The minimum atomic E-state index is -0.871.